The molecule has 0 radical (unpaired) electrons. The van der Waals surface area contributed by atoms with Crippen molar-refractivity contribution in [3.8, 4) is 6.07 Å². The molecule has 1 aromatic carbocycles. The van der Waals surface area contributed by atoms with Crippen LogP contribution in [-0.4, -0.2) is 30.1 Å². The molecule has 1 aliphatic rings. The number of benzene rings is 1. The molecule has 1 fully saturated rings. The number of likely N-dealkylation sites (N-methyl/N-ethyl adjacent to an activating group) is 1. The second-order valence-electron chi connectivity index (χ2n) is 5.30. The summed E-state index contributed by atoms with van der Waals surface area (Å²) in [4.78, 5) is 2.14. The average Bonchev–Trinajstić information content (AvgIpc) is 2.53. The molecular formula is C14H18FN3. The van der Waals surface area contributed by atoms with Gasteiger partial charge in [0.05, 0.1) is 6.07 Å². The van der Waals surface area contributed by atoms with E-state index in [4.69, 9.17) is 0 Å². The summed E-state index contributed by atoms with van der Waals surface area (Å²) >= 11 is 0. The first-order valence-corrected chi connectivity index (χ1v) is 6.11. The maximum absolute atomic E-state index is 13.4. The van der Waals surface area contributed by atoms with E-state index in [-0.39, 0.29) is 5.82 Å². The van der Waals surface area contributed by atoms with Gasteiger partial charge in [0.25, 0.3) is 0 Å². The number of anilines is 1. The normalized spacial score (nSPS) is 28.1. The number of hydrogen-bond donors (Lipinski definition) is 1. The van der Waals surface area contributed by atoms with Gasteiger partial charge in [-0.05, 0) is 44.7 Å². The molecule has 0 aromatic heterocycles. The highest BCUT2D eigenvalue weighted by molar-refractivity contribution is 5.50. The Kier molecular flexibility index (Phi) is 3.27. The molecule has 0 spiro atoms. The third-order valence-electron chi connectivity index (χ3n) is 3.56. The van der Waals surface area contributed by atoms with Crippen LogP contribution in [-0.2, 0) is 0 Å². The Morgan fingerprint density at radius 1 is 1.50 bits per heavy atom. The van der Waals surface area contributed by atoms with Crippen molar-refractivity contribution in [1.29, 1.82) is 5.26 Å². The van der Waals surface area contributed by atoms with Crippen molar-refractivity contribution in [2.75, 3.05) is 18.9 Å². The Morgan fingerprint density at radius 3 is 2.72 bits per heavy atom. The molecule has 2 unspecified atom stereocenters. The molecule has 96 valence electrons. The van der Waals surface area contributed by atoms with Gasteiger partial charge in [0.15, 0.2) is 0 Å². The quantitative estimate of drug-likeness (QED) is 0.873. The van der Waals surface area contributed by atoms with E-state index in [0.29, 0.717) is 18.3 Å². The van der Waals surface area contributed by atoms with Gasteiger partial charge in [0, 0.05) is 24.7 Å². The minimum atomic E-state index is -0.617. The van der Waals surface area contributed by atoms with Crippen molar-refractivity contribution < 1.29 is 4.39 Å². The molecule has 4 heteroatoms. The lowest BCUT2D eigenvalue weighted by Crippen LogP contribution is -2.39. The molecule has 0 saturated carbocycles. The summed E-state index contributed by atoms with van der Waals surface area (Å²) in [5, 5.41) is 12.6. The minimum absolute atomic E-state index is 0.273. The first kappa shape index (κ1) is 12.8. The lowest BCUT2D eigenvalue weighted by atomic mass is 9.97. The Labute approximate surface area is 107 Å². The fourth-order valence-electron chi connectivity index (χ4n) is 2.59. The van der Waals surface area contributed by atoms with E-state index in [1.165, 1.54) is 12.1 Å². The Morgan fingerprint density at radius 2 is 2.22 bits per heavy atom. The van der Waals surface area contributed by atoms with Crippen molar-refractivity contribution in [3.05, 3.63) is 29.6 Å². The zero-order chi connectivity index (χ0) is 13.3. The van der Waals surface area contributed by atoms with Crippen molar-refractivity contribution in [2.24, 2.45) is 0 Å². The van der Waals surface area contributed by atoms with E-state index in [1.54, 1.807) is 0 Å². The van der Waals surface area contributed by atoms with Gasteiger partial charge in [-0.25, -0.2) is 4.39 Å². The summed E-state index contributed by atoms with van der Waals surface area (Å²) < 4.78 is 13.4. The van der Waals surface area contributed by atoms with Crippen LogP contribution < -0.4 is 5.32 Å². The first-order valence-electron chi connectivity index (χ1n) is 6.11. The van der Waals surface area contributed by atoms with Crippen LogP contribution in [0.3, 0.4) is 0 Å². The van der Waals surface area contributed by atoms with E-state index in [9.17, 15) is 9.65 Å². The van der Waals surface area contributed by atoms with Gasteiger partial charge in [-0.2, -0.15) is 5.26 Å². The third-order valence-corrected chi connectivity index (χ3v) is 3.56. The Hall–Kier alpha value is -1.60. The number of nitrogens with one attached hydrogen (secondary N) is 1. The fraction of sp³-hybridized carbons (Fsp3) is 0.500. The molecule has 1 saturated heterocycles. The second-order valence-corrected chi connectivity index (χ2v) is 5.30. The average molecular weight is 247 g/mol. The molecule has 2 atom stereocenters. The van der Waals surface area contributed by atoms with Crippen LogP contribution in [0.1, 0.15) is 18.9 Å². The van der Waals surface area contributed by atoms with E-state index in [1.807, 2.05) is 20.0 Å². The van der Waals surface area contributed by atoms with Crippen LogP contribution in [0.25, 0.3) is 0 Å². The smallest absolute Gasteiger partial charge is 0.139 e. The van der Waals surface area contributed by atoms with Gasteiger partial charge in [0.1, 0.15) is 11.4 Å². The molecule has 1 aromatic rings. The zero-order valence-corrected chi connectivity index (χ0v) is 11.0. The molecule has 0 amide bonds. The number of nitriles is 1. The molecule has 1 N–H and O–H groups in total. The van der Waals surface area contributed by atoms with Crippen LogP contribution in [0.4, 0.5) is 10.1 Å². The summed E-state index contributed by atoms with van der Waals surface area (Å²) in [5.41, 5.74) is 0.913. The van der Waals surface area contributed by atoms with Gasteiger partial charge in [0.2, 0.25) is 0 Å². The highest BCUT2D eigenvalue weighted by atomic mass is 19.1. The van der Waals surface area contributed by atoms with Crippen molar-refractivity contribution in [1.82, 2.24) is 4.90 Å². The topological polar surface area (TPSA) is 39.1 Å². The lowest BCUT2D eigenvalue weighted by Gasteiger charge is -2.24. The molecule has 1 aliphatic heterocycles. The van der Waals surface area contributed by atoms with Crippen molar-refractivity contribution in [2.45, 2.75) is 31.8 Å². The number of hydrogen-bond acceptors (Lipinski definition) is 3. The number of likely N-dealkylation sites (tertiary alicyclic amines) is 1. The van der Waals surface area contributed by atoms with E-state index in [2.05, 4.69) is 23.2 Å². The monoisotopic (exact) mass is 247 g/mol. The maximum atomic E-state index is 13.4. The molecule has 3 nitrogen and oxygen atoms in total. The van der Waals surface area contributed by atoms with Crippen LogP contribution in [0.2, 0.25) is 0 Å². The van der Waals surface area contributed by atoms with Gasteiger partial charge in [-0.3, -0.25) is 0 Å². The van der Waals surface area contributed by atoms with Gasteiger partial charge >= 0.3 is 0 Å². The summed E-state index contributed by atoms with van der Waals surface area (Å²) in [5.74, 6) is -0.273. The predicted molar refractivity (Wildman–Crippen MR) is 69.8 cm³/mol. The molecule has 0 bridgehead atoms. The highest BCUT2D eigenvalue weighted by Gasteiger charge is 2.41. The number of halogens is 1. The molecular weight excluding hydrogens is 229 g/mol. The largest absolute Gasteiger partial charge is 0.366 e. The molecule has 2 rings (SSSR count). The maximum Gasteiger partial charge on any atom is 0.139 e. The fourth-order valence-corrected chi connectivity index (χ4v) is 2.59. The standard InChI is InChI=1S/C14H18FN3/c1-10-4-12(15)6-13(5-10)17-14(8-16)7-11(2)18(3)9-14/h4-6,11,17H,7,9H2,1-3H3. The first-order chi connectivity index (χ1) is 8.44. The summed E-state index contributed by atoms with van der Waals surface area (Å²) in [6.45, 7) is 4.59. The zero-order valence-electron chi connectivity index (χ0n) is 11.0. The van der Waals surface area contributed by atoms with E-state index in [0.717, 1.165) is 12.0 Å². The summed E-state index contributed by atoms with van der Waals surface area (Å²) in [6, 6.07) is 7.49. The molecule has 0 aliphatic carbocycles. The van der Waals surface area contributed by atoms with Gasteiger partial charge < -0.3 is 10.2 Å². The Balaban J connectivity index is 2.24. The van der Waals surface area contributed by atoms with E-state index < -0.39 is 5.54 Å². The van der Waals surface area contributed by atoms with Crippen LogP contribution in [0, 0.1) is 24.1 Å². The Bertz CT molecular complexity index is 462. The van der Waals surface area contributed by atoms with E-state index >= 15 is 0 Å². The molecule has 18 heavy (non-hydrogen) atoms. The van der Waals surface area contributed by atoms with Gasteiger partial charge in [-0.15, -0.1) is 0 Å². The van der Waals surface area contributed by atoms with Crippen molar-refractivity contribution >= 4 is 5.69 Å². The third kappa shape index (κ3) is 2.46. The van der Waals surface area contributed by atoms with Crippen LogP contribution >= 0.6 is 0 Å². The molecule has 1 heterocycles. The van der Waals surface area contributed by atoms with Crippen LogP contribution in [0.15, 0.2) is 18.2 Å². The van der Waals surface area contributed by atoms with Gasteiger partial charge in [-0.1, -0.05) is 0 Å². The minimum Gasteiger partial charge on any atom is -0.366 e. The summed E-state index contributed by atoms with van der Waals surface area (Å²) in [7, 11) is 2.00. The highest BCUT2D eigenvalue weighted by Crippen LogP contribution is 2.29. The van der Waals surface area contributed by atoms with Crippen molar-refractivity contribution in [3.63, 3.8) is 0 Å². The SMILES string of the molecule is Cc1cc(F)cc(NC2(C#N)CC(C)N(C)C2)c1. The second kappa shape index (κ2) is 4.58. The lowest BCUT2D eigenvalue weighted by molar-refractivity contribution is 0.327. The predicted octanol–water partition coefficient (Wildman–Crippen LogP) is 2.53. The number of rotatable bonds is 2. The number of nitrogens with zero attached hydrogens (tertiary/aromatic N) is 2. The number of aryl methyl sites for hydroxylation is 1. The van der Waals surface area contributed by atoms with Crippen LogP contribution in [0.5, 0.6) is 0 Å². The summed E-state index contributed by atoms with van der Waals surface area (Å²) in [6.07, 6.45) is 0.746.